The molecule has 118 valence electrons. The van der Waals surface area contributed by atoms with Crippen LogP contribution < -0.4 is 5.32 Å². The number of benzene rings is 1. The van der Waals surface area contributed by atoms with Gasteiger partial charge in [0.05, 0.1) is 12.7 Å². The average molecular weight is 302 g/mol. The van der Waals surface area contributed by atoms with Gasteiger partial charge in [0, 0.05) is 24.8 Å². The van der Waals surface area contributed by atoms with Crippen LogP contribution in [0.4, 0.5) is 4.39 Å². The Kier molecular flexibility index (Phi) is 4.85. The van der Waals surface area contributed by atoms with Crippen molar-refractivity contribution < 1.29 is 4.39 Å². The van der Waals surface area contributed by atoms with E-state index in [-0.39, 0.29) is 5.82 Å². The summed E-state index contributed by atoms with van der Waals surface area (Å²) in [5.41, 5.74) is 2.30. The fourth-order valence-electron chi connectivity index (χ4n) is 3.12. The summed E-state index contributed by atoms with van der Waals surface area (Å²) in [6.07, 6.45) is 5.30. The van der Waals surface area contributed by atoms with Crippen molar-refractivity contribution in [3.8, 4) is 0 Å². The highest BCUT2D eigenvalue weighted by molar-refractivity contribution is 5.16. The van der Waals surface area contributed by atoms with Crippen LogP contribution in [0.2, 0.25) is 0 Å². The van der Waals surface area contributed by atoms with E-state index in [1.807, 2.05) is 17.9 Å². The maximum atomic E-state index is 12.9. The first-order chi connectivity index (χ1) is 10.7. The van der Waals surface area contributed by atoms with E-state index in [9.17, 15) is 4.39 Å². The zero-order valence-electron chi connectivity index (χ0n) is 13.0. The van der Waals surface area contributed by atoms with Crippen molar-refractivity contribution in [3.63, 3.8) is 0 Å². The van der Waals surface area contributed by atoms with Gasteiger partial charge in [-0.05, 0) is 50.2 Å². The molecule has 22 heavy (non-hydrogen) atoms. The Morgan fingerprint density at radius 1 is 1.23 bits per heavy atom. The summed E-state index contributed by atoms with van der Waals surface area (Å²) in [5, 5.41) is 7.67. The molecule has 0 bridgehead atoms. The van der Waals surface area contributed by atoms with Crippen molar-refractivity contribution >= 4 is 0 Å². The predicted octanol–water partition coefficient (Wildman–Crippen LogP) is 2.11. The molecule has 1 aromatic carbocycles. The summed E-state index contributed by atoms with van der Waals surface area (Å²) in [5.74, 6) is 0.564. The lowest BCUT2D eigenvalue weighted by Crippen LogP contribution is -2.24. The van der Waals surface area contributed by atoms with Crippen LogP contribution >= 0.6 is 0 Å². The van der Waals surface area contributed by atoms with E-state index in [4.69, 9.17) is 0 Å². The molecule has 1 aromatic heterocycles. The minimum Gasteiger partial charge on any atom is -0.319 e. The lowest BCUT2D eigenvalue weighted by molar-refractivity contribution is 0.315. The molecular weight excluding hydrogens is 279 g/mol. The van der Waals surface area contributed by atoms with Gasteiger partial charge in [0.1, 0.15) is 5.82 Å². The quantitative estimate of drug-likeness (QED) is 0.887. The van der Waals surface area contributed by atoms with Crippen LogP contribution in [0.5, 0.6) is 0 Å². The molecule has 1 atom stereocenters. The molecule has 0 radical (unpaired) electrons. The number of halogens is 1. The first kappa shape index (κ1) is 15.2. The van der Waals surface area contributed by atoms with Crippen molar-refractivity contribution in [1.29, 1.82) is 0 Å². The molecule has 2 heterocycles. The Morgan fingerprint density at radius 3 is 2.82 bits per heavy atom. The van der Waals surface area contributed by atoms with E-state index in [1.165, 1.54) is 24.1 Å². The molecule has 0 amide bonds. The van der Waals surface area contributed by atoms with E-state index in [1.54, 1.807) is 12.1 Å². The average Bonchev–Trinajstić information content (AvgIpc) is 3.12. The van der Waals surface area contributed by atoms with Gasteiger partial charge in [0.2, 0.25) is 0 Å². The maximum absolute atomic E-state index is 12.9. The first-order valence-electron chi connectivity index (χ1n) is 7.85. The number of hydrogen-bond acceptors (Lipinski definition) is 3. The minimum absolute atomic E-state index is 0.199. The van der Waals surface area contributed by atoms with E-state index in [2.05, 4.69) is 21.5 Å². The third-order valence-electron chi connectivity index (χ3n) is 4.21. The van der Waals surface area contributed by atoms with Gasteiger partial charge in [0.25, 0.3) is 0 Å². The van der Waals surface area contributed by atoms with E-state index >= 15 is 0 Å². The zero-order chi connectivity index (χ0) is 15.4. The molecule has 0 aliphatic carbocycles. The normalized spacial score (nSPS) is 18.9. The SMILES string of the molecule is CNCC1CCN(Cc2cnn(Cc3ccc(F)cc3)c2)C1. The summed E-state index contributed by atoms with van der Waals surface area (Å²) in [6.45, 7) is 5.06. The van der Waals surface area contributed by atoms with E-state index in [0.717, 1.165) is 37.7 Å². The molecule has 3 rings (SSSR count). The Balaban J connectivity index is 1.54. The third-order valence-corrected chi connectivity index (χ3v) is 4.21. The van der Waals surface area contributed by atoms with Crippen molar-refractivity contribution in [3.05, 3.63) is 53.6 Å². The monoisotopic (exact) mass is 302 g/mol. The van der Waals surface area contributed by atoms with E-state index in [0.29, 0.717) is 6.54 Å². The molecule has 1 saturated heterocycles. The second kappa shape index (κ2) is 7.03. The van der Waals surface area contributed by atoms with Crippen LogP contribution in [-0.2, 0) is 13.1 Å². The largest absolute Gasteiger partial charge is 0.319 e. The van der Waals surface area contributed by atoms with Gasteiger partial charge in [-0.2, -0.15) is 5.10 Å². The molecule has 0 saturated carbocycles. The molecule has 5 heteroatoms. The van der Waals surface area contributed by atoms with Crippen molar-refractivity contribution in [2.24, 2.45) is 5.92 Å². The van der Waals surface area contributed by atoms with Gasteiger partial charge in [-0.25, -0.2) is 4.39 Å². The van der Waals surface area contributed by atoms with Crippen LogP contribution in [0.25, 0.3) is 0 Å². The summed E-state index contributed by atoms with van der Waals surface area (Å²) in [7, 11) is 2.02. The number of nitrogens with one attached hydrogen (secondary N) is 1. The summed E-state index contributed by atoms with van der Waals surface area (Å²) < 4.78 is 14.8. The topological polar surface area (TPSA) is 33.1 Å². The lowest BCUT2D eigenvalue weighted by Gasteiger charge is -2.14. The second-order valence-corrected chi connectivity index (χ2v) is 6.12. The fourth-order valence-corrected chi connectivity index (χ4v) is 3.12. The molecule has 1 aliphatic heterocycles. The standard InChI is InChI=1S/C17H23FN4/c1-19-8-15-6-7-21(10-15)11-16-9-20-22(13-16)12-14-2-4-17(18)5-3-14/h2-5,9,13,15,19H,6-8,10-12H2,1H3. The number of aromatic nitrogens is 2. The number of likely N-dealkylation sites (tertiary alicyclic amines) is 1. The highest BCUT2D eigenvalue weighted by atomic mass is 19.1. The summed E-state index contributed by atoms with van der Waals surface area (Å²) in [6, 6.07) is 6.59. The molecule has 1 unspecified atom stereocenters. The number of rotatable bonds is 6. The van der Waals surface area contributed by atoms with Crippen molar-refractivity contribution in [2.75, 3.05) is 26.7 Å². The Bertz CT molecular complexity index is 593. The minimum atomic E-state index is -0.199. The third kappa shape index (κ3) is 3.93. The van der Waals surface area contributed by atoms with Gasteiger partial charge in [0.15, 0.2) is 0 Å². The highest BCUT2D eigenvalue weighted by Gasteiger charge is 2.21. The molecule has 1 N–H and O–H groups in total. The van der Waals surface area contributed by atoms with Crippen LogP contribution in [0.1, 0.15) is 17.5 Å². The van der Waals surface area contributed by atoms with Gasteiger partial charge in [-0.15, -0.1) is 0 Å². The zero-order valence-corrected chi connectivity index (χ0v) is 13.0. The van der Waals surface area contributed by atoms with Crippen LogP contribution in [0.15, 0.2) is 36.7 Å². The Morgan fingerprint density at radius 2 is 2.05 bits per heavy atom. The van der Waals surface area contributed by atoms with Crippen LogP contribution in [-0.4, -0.2) is 41.4 Å². The first-order valence-corrected chi connectivity index (χ1v) is 7.85. The molecule has 4 nitrogen and oxygen atoms in total. The molecular formula is C17H23FN4. The van der Waals surface area contributed by atoms with Gasteiger partial charge in [-0.1, -0.05) is 12.1 Å². The summed E-state index contributed by atoms with van der Waals surface area (Å²) in [4.78, 5) is 2.49. The number of hydrogen-bond donors (Lipinski definition) is 1. The Hall–Kier alpha value is -1.72. The van der Waals surface area contributed by atoms with Crippen molar-refractivity contribution in [1.82, 2.24) is 20.0 Å². The van der Waals surface area contributed by atoms with Crippen LogP contribution in [0, 0.1) is 11.7 Å². The fraction of sp³-hybridized carbons (Fsp3) is 0.471. The van der Waals surface area contributed by atoms with Gasteiger partial charge in [-0.3, -0.25) is 9.58 Å². The number of nitrogens with zero attached hydrogens (tertiary/aromatic N) is 3. The smallest absolute Gasteiger partial charge is 0.123 e. The van der Waals surface area contributed by atoms with Crippen molar-refractivity contribution in [2.45, 2.75) is 19.5 Å². The van der Waals surface area contributed by atoms with Gasteiger partial charge >= 0.3 is 0 Å². The highest BCUT2D eigenvalue weighted by Crippen LogP contribution is 2.18. The van der Waals surface area contributed by atoms with Gasteiger partial charge < -0.3 is 5.32 Å². The molecule has 2 aromatic rings. The molecule has 1 fully saturated rings. The maximum Gasteiger partial charge on any atom is 0.123 e. The second-order valence-electron chi connectivity index (χ2n) is 6.12. The lowest BCUT2D eigenvalue weighted by atomic mass is 10.1. The van der Waals surface area contributed by atoms with E-state index < -0.39 is 0 Å². The van der Waals surface area contributed by atoms with Crippen LogP contribution in [0.3, 0.4) is 0 Å². The Labute approximate surface area is 130 Å². The summed E-state index contributed by atoms with van der Waals surface area (Å²) >= 11 is 0. The molecule has 1 aliphatic rings. The predicted molar refractivity (Wildman–Crippen MR) is 85.0 cm³/mol. The molecule has 0 spiro atoms.